The van der Waals surface area contributed by atoms with Gasteiger partial charge in [0.2, 0.25) is 5.91 Å². The summed E-state index contributed by atoms with van der Waals surface area (Å²) in [5, 5.41) is 5.49. The van der Waals surface area contributed by atoms with Crippen LogP contribution in [-0.4, -0.2) is 41.9 Å². The zero-order valence-electron chi connectivity index (χ0n) is 18.4. The number of benzene rings is 2. The predicted octanol–water partition coefficient (Wildman–Crippen LogP) is 2.91. The molecule has 0 saturated carbocycles. The van der Waals surface area contributed by atoms with Gasteiger partial charge in [0.25, 0.3) is 5.91 Å². The second-order valence-corrected chi connectivity index (χ2v) is 8.22. The molecule has 2 N–H and O–H groups in total. The van der Waals surface area contributed by atoms with Crippen molar-refractivity contribution in [3.8, 4) is 5.75 Å². The van der Waals surface area contributed by atoms with Crippen LogP contribution in [0.15, 0.2) is 48.5 Å². The number of hydrogen-bond acceptors (Lipinski definition) is 4. The highest BCUT2D eigenvalue weighted by Crippen LogP contribution is 2.28. The van der Waals surface area contributed by atoms with Gasteiger partial charge in [-0.2, -0.15) is 0 Å². The Balaban J connectivity index is 1.52. The summed E-state index contributed by atoms with van der Waals surface area (Å²) < 4.78 is 5.62. The van der Waals surface area contributed by atoms with Gasteiger partial charge in [0.05, 0.1) is 6.10 Å². The van der Waals surface area contributed by atoms with E-state index < -0.39 is 17.5 Å². The lowest BCUT2D eigenvalue weighted by atomic mass is 9.91. The Hall–Kier alpha value is -3.35. The van der Waals surface area contributed by atoms with Crippen LogP contribution in [0, 0.1) is 6.92 Å². The Kier molecular flexibility index (Phi) is 6.63. The third-order valence-corrected chi connectivity index (χ3v) is 5.24. The molecule has 0 aromatic heterocycles. The number of carbonyl (C=O) groups excluding carboxylic acids is 3. The maximum Gasteiger partial charge on any atom is 0.325 e. The Labute approximate surface area is 182 Å². The molecule has 2 aromatic rings. The van der Waals surface area contributed by atoms with Crippen LogP contribution in [0.25, 0.3) is 0 Å². The summed E-state index contributed by atoms with van der Waals surface area (Å²) in [4.78, 5) is 38.6. The van der Waals surface area contributed by atoms with Crippen molar-refractivity contribution in [2.24, 2.45) is 0 Å². The summed E-state index contributed by atoms with van der Waals surface area (Å²) in [7, 11) is 0. The molecule has 1 aliphatic heterocycles. The number of aryl methyl sites for hydroxylation is 1. The number of urea groups is 1. The smallest absolute Gasteiger partial charge is 0.325 e. The molecule has 1 aliphatic rings. The summed E-state index contributed by atoms with van der Waals surface area (Å²) in [6.07, 6.45) is 0.748. The normalized spacial score (nSPS) is 18.3. The lowest BCUT2D eigenvalue weighted by molar-refractivity contribution is -0.134. The van der Waals surface area contributed by atoms with Crippen molar-refractivity contribution in [1.29, 1.82) is 0 Å². The van der Waals surface area contributed by atoms with Crippen LogP contribution in [0.2, 0.25) is 0 Å². The van der Waals surface area contributed by atoms with E-state index in [0.29, 0.717) is 18.5 Å². The van der Waals surface area contributed by atoms with Gasteiger partial charge in [-0.1, -0.05) is 42.0 Å². The van der Waals surface area contributed by atoms with Crippen LogP contribution in [-0.2, 0) is 21.5 Å². The molecule has 0 radical (unpaired) electrons. The third kappa shape index (κ3) is 5.23. The Morgan fingerprint density at radius 3 is 2.35 bits per heavy atom. The van der Waals surface area contributed by atoms with Crippen molar-refractivity contribution < 1.29 is 19.1 Å². The molecular formula is C24H29N3O4. The fourth-order valence-electron chi connectivity index (χ4n) is 3.48. The first-order chi connectivity index (χ1) is 14.7. The quantitative estimate of drug-likeness (QED) is 0.639. The molecule has 1 heterocycles. The molecule has 3 rings (SSSR count). The molecule has 7 nitrogen and oxygen atoms in total. The molecule has 0 aliphatic carbocycles. The molecule has 7 heteroatoms. The number of imide groups is 1. The molecule has 1 atom stereocenters. The fraction of sp³-hybridized carbons (Fsp3) is 0.375. The highest BCUT2D eigenvalue weighted by Gasteiger charge is 2.49. The third-order valence-electron chi connectivity index (χ3n) is 5.24. The number of amides is 4. The molecule has 0 bridgehead atoms. The van der Waals surface area contributed by atoms with Gasteiger partial charge in [0.15, 0.2) is 0 Å². The van der Waals surface area contributed by atoms with E-state index in [1.54, 1.807) is 6.92 Å². The first kappa shape index (κ1) is 22.3. The molecule has 1 saturated heterocycles. The molecule has 4 amide bonds. The van der Waals surface area contributed by atoms with Crippen LogP contribution in [0.1, 0.15) is 37.5 Å². The predicted molar refractivity (Wildman–Crippen MR) is 118 cm³/mol. The molecule has 1 fully saturated rings. The number of carbonyl (C=O) groups is 3. The topological polar surface area (TPSA) is 87.7 Å². The Morgan fingerprint density at radius 2 is 1.74 bits per heavy atom. The van der Waals surface area contributed by atoms with Crippen molar-refractivity contribution in [2.45, 2.75) is 45.8 Å². The zero-order valence-corrected chi connectivity index (χ0v) is 18.4. The minimum absolute atomic E-state index is 0.114. The van der Waals surface area contributed by atoms with Crippen LogP contribution in [0.5, 0.6) is 5.75 Å². The van der Waals surface area contributed by atoms with Crippen molar-refractivity contribution in [2.75, 3.05) is 13.1 Å². The van der Waals surface area contributed by atoms with Crippen LogP contribution < -0.4 is 15.4 Å². The standard InChI is InChI=1S/C24H29N3O4/c1-16(2)31-20-11-7-18(8-12-20)13-14-25-21(28)15-27-22(29)24(4,26-23(27)30)19-9-5-17(3)6-10-19/h5-12,16H,13-15H2,1-4H3,(H,25,28)(H,26,30). The van der Waals surface area contributed by atoms with Crippen molar-refractivity contribution in [3.05, 3.63) is 65.2 Å². The van der Waals surface area contributed by atoms with E-state index in [4.69, 9.17) is 4.74 Å². The molecule has 1 unspecified atom stereocenters. The van der Waals surface area contributed by atoms with Gasteiger partial charge in [0, 0.05) is 6.54 Å². The second-order valence-electron chi connectivity index (χ2n) is 8.22. The summed E-state index contributed by atoms with van der Waals surface area (Å²) in [5.41, 5.74) is 1.62. The average Bonchev–Trinajstić information content (AvgIpc) is 2.93. The van der Waals surface area contributed by atoms with Crippen molar-refractivity contribution in [1.82, 2.24) is 15.5 Å². The van der Waals surface area contributed by atoms with Gasteiger partial charge < -0.3 is 15.4 Å². The first-order valence-corrected chi connectivity index (χ1v) is 10.4. The maximum atomic E-state index is 12.9. The minimum atomic E-state index is -1.18. The number of hydrogen-bond donors (Lipinski definition) is 2. The number of ether oxygens (including phenoxy) is 1. The molecule has 0 spiro atoms. The SMILES string of the molecule is Cc1ccc(C2(C)NC(=O)N(CC(=O)NCCc3ccc(OC(C)C)cc3)C2=O)cc1. The summed E-state index contributed by atoms with van der Waals surface area (Å²) in [6.45, 7) is 7.64. The van der Waals surface area contributed by atoms with E-state index in [1.807, 2.05) is 69.3 Å². The molecular weight excluding hydrogens is 394 g/mol. The van der Waals surface area contributed by atoms with E-state index >= 15 is 0 Å². The van der Waals surface area contributed by atoms with Gasteiger partial charge in [-0.3, -0.25) is 14.5 Å². The lowest BCUT2D eigenvalue weighted by Gasteiger charge is -2.22. The van der Waals surface area contributed by atoms with Crippen molar-refractivity contribution >= 4 is 17.8 Å². The second kappa shape index (κ2) is 9.20. The monoisotopic (exact) mass is 423 g/mol. The molecule has 164 valence electrons. The highest BCUT2D eigenvalue weighted by atomic mass is 16.5. The van der Waals surface area contributed by atoms with Gasteiger partial charge in [-0.25, -0.2) is 4.79 Å². The highest BCUT2D eigenvalue weighted by molar-refractivity contribution is 6.09. The maximum absolute atomic E-state index is 12.9. The Bertz CT molecular complexity index is 954. The minimum Gasteiger partial charge on any atom is -0.491 e. The van der Waals surface area contributed by atoms with E-state index in [9.17, 15) is 14.4 Å². The lowest BCUT2D eigenvalue weighted by Crippen LogP contribution is -2.43. The average molecular weight is 424 g/mol. The number of nitrogens with zero attached hydrogens (tertiary/aromatic N) is 1. The van der Waals surface area contributed by atoms with Crippen LogP contribution in [0.3, 0.4) is 0 Å². The van der Waals surface area contributed by atoms with Gasteiger partial charge in [0.1, 0.15) is 17.8 Å². The molecule has 31 heavy (non-hydrogen) atoms. The van der Waals surface area contributed by atoms with E-state index in [-0.39, 0.29) is 18.6 Å². The zero-order chi connectivity index (χ0) is 22.6. The van der Waals surface area contributed by atoms with Crippen molar-refractivity contribution in [3.63, 3.8) is 0 Å². The van der Waals surface area contributed by atoms with Gasteiger partial charge in [-0.15, -0.1) is 0 Å². The largest absolute Gasteiger partial charge is 0.491 e. The van der Waals surface area contributed by atoms with Crippen LogP contribution in [0.4, 0.5) is 4.79 Å². The summed E-state index contributed by atoms with van der Waals surface area (Å²) in [6, 6.07) is 14.5. The van der Waals surface area contributed by atoms with Crippen LogP contribution >= 0.6 is 0 Å². The summed E-state index contributed by atoms with van der Waals surface area (Å²) >= 11 is 0. The van der Waals surface area contributed by atoms with Gasteiger partial charge in [-0.05, 0) is 57.4 Å². The van der Waals surface area contributed by atoms with Gasteiger partial charge >= 0.3 is 6.03 Å². The first-order valence-electron chi connectivity index (χ1n) is 10.4. The summed E-state index contributed by atoms with van der Waals surface area (Å²) in [5.74, 6) is -0.00775. The fourth-order valence-corrected chi connectivity index (χ4v) is 3.48. The van der Waals surface area contributed by atoms with E-state index in [0.717, 1.165) is 21.8 Å². The number of nitrogens with one attached hydrogen (secondary N) is 2. The number of rotatable bonds is 8. The van der Waals surface area contributed by atoms with E-state index in [1.165, 1.54) is 0 Å². The molecule has 2 aromatic carbocycles. The van der Waals surface area contributed by atoms with E-state index in [2.05, 4.69) is 10.6 Å². The Morgan fingerprint density at radius 1 is 1.10 bits per heavy atom.